The van der Waals surface area contributed by atoms with E-state index in [1.54, 1.807) is 6.08 Å². The molecule has 0 aromatic heterocycles. The standard InChI is InChI=1S/C20H32O4/c1-2-3-4-5-6-7-9-17(21)18(22)13-12-15-14-16(15)19-10-8-11-20(23)24-19/h6-7,12-13,15-19,21-22H,2-5,8-11,14H2,1H3. The van der Waals surface area contributed by atoms with Crippen molar-refractivity contribution in [2.45, 2.75) is 83.0 Å². The lowest BCUT2D eigenvalue weighted by Crippen LogP contribution is -2.25. The average molecular weight is 336 g/mol. The maximum Gasteiger partial charge on any atom is 0.306 e. The maximum absolute atomic E-state index is 11.3. The van der Waals surface area contributed by atoms with Crippen LogP contribution in [0.25, 0.3) is 0 Å². The second-order valence-electron chi connectivity index (χ2n) is 7.13. The largest absolute Gasteiger partial charge is 0.462 e. The number of ether oxygens (including phenoxy) is 1. The number of aliphatic hydroxyl groups is 2. The Morgan fingerprint density at radius 1 is 1.29 bits per heavy atom. The maximum atomic E-state index is 11.3. The smallest absolute Gasteiger partial charge is 0.306 e. The molecule has 5 atom stereocenters. The van der Waals surface area contributed by atoms with Gasteiger partial charge in [0.05, 0.1) is 12.2 Å². The average Bonchev–Trinajstić information content (AvgIpc) is 3.35. The SMILES string of the molecule is CCCCCC=CCC(O)C(O)C=CC1CC1C1CCCC(=O)O1. The summed E-state index contributed by atoms with van der Waals surface area (Å²) in [6, 6.07) is 0. The van der Waals surface area contributed by atoms with E-state index >= 15 is 0 Å². The predicted molar refractivity (Wildman–Crippen MR) is 94.4 cm³/mol. The molecule has 2 rings (SSSR count). The number of cyclic esters (lactones) is 1. The van der Waals surface area contributed by atoms with E-state index in [4.69, 9.17) is 4.74 Å². The van der Waals surface area contributed by atoms with E-state index in [-0.39, 0.29) is 12.1 Å². The predicted octanol–water partition coefficient (Wildman–Crippen LogP) is 3.52. The van der Waals surface area contributed by atoms with Gasteiger partial charge >= 0.3 is 5.97 Å². The van der Waals surface area contributed by atoms with Gasteiger partial charge in [-0.2, -0.15) is 0 Å². The molecule has 24 heavy (non-hydrogen) atoms. The van der Waals surface area contributed by atoms with Gasteiger partial charge in [0.2, 0.25) is 0 Å². The van der Waals surface area contributed by atoms with Crippen molar-refractivity contribution in [3.05, 3.63) is 24.3 Å². The Bertz CT molecular complexity index is 443. The highest BCUT2D eigenvalue weighted by Crippen LogP contribution is 2.46. The molecule has 2 aliphatic rings. The zero-order valence-corrected chi connectivity index (χ0v) is 14.8. The zero-order valence-electron chi connectivity index (χ0n) is 14.8. The number of hydrogen-bond acceptors (Lipinski definition) is 4. The molecule has 0 bridgehead atoms. The number of rotatable bonds is 10. The van der Waals surface area contributed by atoms with E-state index in [9.17, 15) is 15.0 Å². The van der Waals surface area contributed by atoms with E-state index < -0.39 is 12.2 Å². The van der Waals surface area contributed by atoms with Gasteiger partial charge in [-0.1, -0.05) is 44.1 Å². The van der Waals surface area contributed by atoms with Gasteiger partial charge in [-0.15, -0.1) is 0 Å². The van der Waals surface area contributed by atoms with Crippen molar-refractivity contribution >= 4 is 5.97 Å². The van der Waals surface area contributed by atoms with E-state index in [2.05, 4.69) is 13.0 Å². The van der Waals surface area contributed by atoms with Crippen molar-refractivity contribution in [3.8, 4) is 0 Å². The number of unbranched alkanes of at least 4 members (excludes halogenated alkanes) is 3. The van der Waals surface area contributed by atoms with Gasteiger partial charge < -0.3 is 14.9 Å². The number of allylic oxidation sites excluding steroid dienone is 2. The number of hydrogen-bond donors (Lipinski definition) is 2. The summed E-state index contributed by atoms with van der Waals surface area (Å²) in [5, 5.41) is 20.0. The summed E-state index contributed by atoms with van der Waals surface area (Å²) in [6.45, 7) is 2.18. The molecular weight excluding hydrogens is 304 g/mol. The Hall–Kier alpha value is -1.13. The van der Waals surface area contributed by atoms with Crippen LogP contribution in [0.15, 0.2) is 24.3 Å². The van der Waals surface area contributed by atoms with Gasteiger partial charge in [-0.25, -0.2) is 0 Å². The summed E-state index contributed by atoms with van der Waals surface area (Å²) in [5.41, 5.74) is 0. The van der Waals surface area contributed by atoms with E-state index in [0.717, 1.165) is 25.7 Å². The molecule has 136 valence electrons. The molecule has 4 heteroatoms. The molecule has 0 aromatic carbocycles. The Morgan fingerprint density at radius 3 is 2.88 bits per heavy atom. The molecule has 1 aliphatic heterocycles. The van der Waals surface area contributed by atoms with Crippen LogP contribution in [0.4, 0.5) is 0 Å². The van der Waals surface area contributed by atoms with Gasteiger partial charge in [0, 0.05) is 12.3 Å². The Kier molecular flexibility index (Phi) is 8.00. The Morgan fingerprint density at radius 2 is 2.12 bits per heavy atom. The first kappa shape index (κ1) is 19.2. The lowest BCUT2D eigenvalue weighted by Gasteiger charge is -2.22. The first-order valence-corrected chi connectivity index (χ1v) is 9.50. The van der Waals surface area contributed by atoms with Crippen LogP contribution in [0, 0.1) is 11.8 Å². The van der Waals surface area contributed by atoms with Gasteiger partial charge in [-0.3, -0.25) is 4.79 Å². The summed E-state index contributed by atoms with van der Waals surface area (Å²) in [6.07, 6.45) is 14.7. The van der Waals surface area contributed by atoms with Gasteiger partial charge in [0.25, 0.3) is 0 Å². The molecule has 4 nitrogen and oxygen atoms in total. The molecule has 1 heterocycles. The van der Waals surface area contributed by atoms with Crippen LogP contribution in [-0.4, -0.2) is 34.5 Å². The lowest BCUT2D eigenvalue weighted by molar-refractivity contribution is -0.155. The molecule has 1 aliphatic carbocycles. The minimum Gasteiger partial charge on any atom is -0.462 e. The van der Waals surface area contributed by atoms with Crippen LogP contribution < -0.4 is 0 Å². The molecule has 2 fully saturated rings. The normalized spacial score (nSPS) is 29.8. The summed E-state index contributed by atoms with van der Waals surface area (Å²) >= 11 is 0. The molecule has 0 amide bonds. The van der Waals surface area contributed by atoms with Crippen LogP contribution in [0.3, 0.4) is 0 Å². The van der Waals surface area contributed by atoms with E-state index in [1.807, 2.05) is 12.2 Å². The summed E-state index contributed by atoms with van der Waals surface area (Å²) in [5.74, 6) is 0.683. The van der Waals surface area contributed by atoms with Crippen LogP contribution in [0.1, 0.15) is 64.7 Å². The first-order chi connectivity index (χ1) is 11.6. The highest BCUT2D eigenvalue weighted by Gasteiger charge is 2.44. The Balaban J connectivity index is 1.64. The van der Waals surface area contributed by atoms with Gasteiger partial charge in [0.1, 0.15) is 6.10 Å². The molecule has 0 spiro atoms. The van der Waals surface area contributed by atoms with Crippen molar-refractivity contribution < 1.29 is 19.7 Å². The zero-order chi connectivity index (χ0) is 17.4. The minimum absolute atomic E-state index is 0.0500. The lowest BCUT2D eigenvalue weighted by atomic mass is 10.0. The minimum atomic E-state index is -0.833. The third-order valence-corrected chi connectivity index (χ3v) is 4.99. The quantitative estimate of drug-likeness (QED) is 0.364. The second kappa shape index (κ2) is 10.00. The third-order valence-electron chi connectivity index (χ3n) is 4.99. The fraction of sp³-hybridized carbons (Fsp3) is 0.750. The van der Waals surface area contributed by atoms with Crippen LogP contribution in [0.5, 0.6) is 0 Å². The molecular formula is C20H32O4. The van der Waals surface area contributed by atoms with Crippen LogP contribution in [-0.2, 0) is 9.53 Å². The highest BCUT2D eigenvalue weighted by molar-refractivity contribution is 5.70. The van der Waals surface area contributed by atoms with E-state index in [0.29, 0.717) is 24.7 Å². The number of carbonyl (C=O) groups is 1. The fourth-order valence-corrected chi connectivity index (χ4v) is 3.31. The van der Waals surface area contributed by atoms with Crippen molar-refractivity contribution in [3.63, 3.8) is 0 Å². The number of aliphatic hydroxyl groups excluding tert-OH is 2. The van der Waals surface area contributed by atoms with Crippen molar-refractivity contribution in [1.82, 2.24) is 0 Å². The fourth-order valence-electron chi connectivity index (χ4n) is 3.31. The highest BCUT2D eigenvalue weighted by atomic mass is 16.5. The monoisotopic (exact) mass is 336 g/mol. The topological polar surface area (TPSA) is 66.8 Å². The molecule has 5 unspecified atom stereocenters. The third kappa shape index (κ3) is 6.40. The summed E-state index contributed by atoms with van der Waals surface area (Å²) in [4.78, 5) is 11.3. The molecule has 1 saturated heterocycles. The van der Waals surface area contributed by atoms with Gasteiger partial charge in [-0.05, 0) is 44.4 Å². The van der Waals surface area contributed by atoms with Gasteiger partial charge in [0.15, 0.2) is 0 Å². The van der Waals surface area contributed by atoms with E-state index in [1.165, 1.54) is 19.3 Å². The molecule has 0 aromatic rings. The molecule has 2 N–H and O–H groups in total. The van der Waals surface area contributed by atoms with Crippen LogP contribution >= 0.6 is 0 Å². The Labute approximate surface area is 145 Å². The molecule has 1 saturated carbocycles. The number of esters is 1. The van der Waals surface area contributed by atoms with Crippen molar-refractivity contribution in [1.29, 1.82) is 0 Å². The van der Waals surface area contributed by atoms with Crippen LogP contribution in [0.2, 0.25) is 0 Å². The number of carbonyl (C=O) groups excluding carboxylic acids is 1. The second-order valence-corrected chi connectivity index (χ2v) is 7.13. The summed E-state index contributed by atoms with van der Waals surface area (Å²) in [7, 11) is 0. The first-order valence-electron chi connectivity index (χ1n) is 9.50. The molecule has 0 radical (unpaired) electrons. The van der Waals surface area contributed by atoms with Crippen molar-refractivity contribution in [2.24, 2.45) is 11.8 Å². The summed E-state index contributed by atoms with van der Waals surface area (Å²) < 4.78 is 5.39. The van der Waals surface area contributed by atoms with Crippen molar-refractivity contribution in [2.75, 3.05) is 0 Å².